The van der Waals surface area contributed by atoms with Crippen LogP contribution in [0, 0.1) is 5.92 Å². The molecule has 1 atom stereocenters. The van der Waals surface area contributed by atoms with Crippen LogP contribution in [0.3, 0.4) is 0 Å². The summed E-state index contributed by atoms with van der Waals surface area (Å²) in [6.07, 6.45) is -3.01. The minimum Gasteiger partial charge on any atom is -0.368 e. The summed E-state index contributed by atoms with van der Waals surface area (Å²) in [5, 5.41) is 7.24. The van der Waals surface area contributed by atoms with Crippen molar-refractivity contribution in [1.82, 2.24) is 25.2 Å². The van der Waals surface area contributed by atoms with Gasteiger partial charge in [-0.2, -0.15) is 39.9 Å². The number of halogens is 3. The molecule has 0 aliphatic carbocycles. The number of nitrogen functional groups attached to an aromatic ring is 1. The number of hydrogen-bond donors (Lipinski definition) is 2. The Bertz CT molecular complexity index is 970. The Morgan fingerprint density at radius 2 is 1.91 bits per heavy atom. The predicted molar refractivity (Wildman–Crippen MR) is 121 cm³/mol. The molecule has 1 saturated heterocycles. The van der Waals surface area contributed by atoms with Crippen LogP contribution in [0.15, 0.2) is 35.5 Å². The molecule has 178 valence electrons. The molecule has 0 bridgehead atoms. The molecule has 0 amide bonds. The maximum atomic E-state index is 12.3. The van der Waals surface area contributed by atoms with Crippen molar-refractivity contribution < 1.29 is 18.0 Å². The van der Waals surface area contributed by atoms with Gasteiger partial charge in [-0.15, -0.1) is 0 Å². The van der Waals surface area contributed by atoms with Crippen molar-refractivity contribution in [2.75, 3.05) is 42.3 Å². The standard InChI is InChI=1S/C20H25F3N8OS/c1-30(14-5-3-2-4-6-14)18-26-15(25-17(24)28-18)16-27-19(32-29-16)31-9-7-13(8-10-31)11-33-12-20(21,22)23/h2-6,13,19H,7-12H2,1H3,(H,27,29)(H2,24,25,26,28). The van der Waals surface area contributed by atoms with E-state index in [1.54, 1.807) is 4.90 Å². The fourth-order valence-corrected chi connectivity index (χ4v) is 4.65. The molecule has 2 aliphatic heterocycles. The average Bonchev–Trinajstić information content (AvgIpc) is 3.29. The lowest BCUT2D eigenvalue weighted by atomic mass is 9.99. The predicted octanol–water partition coefficient (Wildman–Crippen LogP) is 2.79. The number of para-hydroxylation sites is 1. The molecule has 33 heavy (non-hydrogen) atoms. The number of nitrogens with two attached hydrogens (primary N) is 1. The van der Waals surface area contributed by atoms with E-state index < -0.39 is 18.3 Å². The van der Waals surface area contributed by atoms with Crippen LogP contribution in [-0.4, -0.2) is 69.9 Å². The van der Waals surface area contributed by atoms with Crippen molar-refractivity contribution in [2.24, 2.45) is 11.1 Å². The molecule has 1 aromatic carbocycles. The van der Waals surface area contributed by atoms with Crippen LogP contribution in [0.5, 0.6) is 0 Å². The molecule has 0 spiro atoms. The summed E-state index contributed by atoms with van der Waals surface area (Å²) in [5.74, 6) is 1.01. The molecule has 0 saturated carbocycles. The van der Waals surface area contributed by atoms with Crippen LogP contribution >= 0.6 is 11.8 Å². The fourth-order valence-electron chi connectivity index (χ4n) is 3.63. The Labute approximate surface area is 193 Å². The molecule has 1 unspecified atom stereocenters. The third-order valence-corrected chi connectivity index (χ3v) is 6.64. The van der Waals surface area contributed by atoms with E-state index in [0.717, 1.165) is 30.3 Å². The second kappa shape index (κ2) is 10.00. The van der Waals surface area contributed by atoms with E-state index in [4.69, 9.17) is 10.6 Å². The molecule has 3 N–H and O–H groups in total. The molecule has 1 aromatic heterocycles. The Morgan fingerprint density at radius 3 is 2.61 bits per heavy atom. The number of thioether (sulfide) groups is 1. The van der Waals surface area contributed by atoms with Crippen LogP contribution < -0.4 is 16.0 Å². The van der Waals surface area contributed by atoms with Gasteiger partial charge in [0.1, 0.15) is 0 Å². The van der Waals surface area contributed by atoms with Crippen molar-refractivity contribution in [2.45, 2.75) is 25.4 Å². The average molecular weight is 483 g/mol. The fraction of sp³-hybridized carbons (Fsp3) is 0.500. The van der Waals surface area contributed by atoms with Gasteiger partial charge in [0.2, 0.25) is 23.6 Å². The normalized spacial score (nSPS) is 19.6. The van der Waals surface area contributed by atoms with E-state index in [1.807, 2.05) is 37.4 Å². The van der Waals surface area contributed by atoms with Crippen molar-refractivity contribution in [3.63, 3.8) is 0 Å². The van der Waals surface area contributed by atoms with E-state index in [2.05, 4.69) is 30.3 Å². The second-order valence-corrected chi connectivity index (χ2v) is 8.89. The van der Waals surface area contributed by atoms with Gasteiger partial charge in [-0.3, -0.25) is 0 Å². The number of alkyl halides is 3. The first kappa shape index (κ1) is 23.4. The van der Waals surface area contributed by atoms with Crippen LogP contribution in [-0.2, 0) is 4.84 Å². The molecule has 3 heterocycles. The summed E-state index contributed by atoms with van der Waals surface area (Å²) >= 11 is 0.950. The number of oxime groups is 1. The Balaban J connectivity index is 1.32. The summed E-state index contributed by atoms with van der Waals surface area (Å²) in [5.41, 5.74) is 6.80. The van der Waals surface area contributed by atoms with Gasteiger partial charge in [0.15, 0.2) is 0 Å². The number of rotatable bonds is 7. The third kappa shape index (κ3) is 6.16. The Morgan fingerprint density at radius 1 is 1.18 bits per heavy atom. The van der Waals surface area contributed by atoms with Gasteiger partial charge >= 0.3 is 6.18 Å². The summed E-state index contributed by atoms with van der Waals surface area (Å²) in [7, 11) is 1.83. The van der Waals surface area contributed by atoms with Crippen molar-refractivity contribution in [1.29, 1.82) is 0 Å². The number of anilines is 3. The zero-order chi connectivity index (χ0) is 23.4. The number of nitrogens with zero attached hydrogens (tertiary/aromatic N) is 6. The van der Waals surface area contributed by atoms with Gasteiger partial charge < -0.3 is 20.8 Å². The SMILES string of the molecule is CN(c1ccccc1)c1nc(N)nc(C2=NOC(N3CCC(CSCC(F)(F)F)CC3)N2)n1. The molecular weight excluding hydrogens is 457 g/mol. The van der Waals surface area contributed by atoms with E-state index in [9.17, 15) is 13.2 Å². The van der Waals surface area contributed by atoms with Crippen molar-refractivity contribution in [3.05, 3.63) is 36.2 Å². The second-order valence-electron chi connectivity index (χ2n) is 7.86. The smallest absolute Gasteiger partial charge is 0.368 e. The van der Waals surface area contributed by atoms with Gasteiger partial charge in [-0.05, 0) is 36.6 Å². The van der Waals surface area contributed by atoms with E-state index in [-0.39, 0.29) is 17.7 Å². The van der Waals surface area contributed by atoms with Gasteiger partial charge in [0.25, 0.3) is 6.35 Å². The van der Waals surface area contributed by atoms with Gasteiger partial charge in [-0.1, -0.05) is 23.4 Å². The van der Waals surface area contributed by atoms with Gasteiger partial charge in [-0.25, -0.2) is 4.90 Å². The van der Waals surface area contributed by atoms with Crippen molar-refractivity contribution >= 4 is 35.2 Å². The van der Waals surface area contributed by atoms with Crippen LogP contribution in [0.2, 0.25) is 0 Å². The quantitative estimate of drug-likeness (QED) is 0.616. The third-order valence-electron chi connectivity index (χ3n) is 5.40. The number of likely N-dealkylation sites (tertiary alicyclic amines) is 1. The lowest BCUT2D eigenvalue weighted by Crippen LogP contribution is -2.49. The molecule has 4 rings (SSSR count). The summed E-state index contributed by atoms with van der Waals surface area (Å²) in [4.78, 5) is 22.3. The summed E-state index contributed by atoms with van der Waals surface area (Å²) in [6.45, 7) is 1.39. The van der Waals surface area contributed by atoms with E-state index in [1.165, 1.54) is 0 Å². The molecular formula is C20H25F3N8OS. The molecule has 2 aromatic rings. The Kier molecular flexibility index (Phi) is 7.08. The molecule has 0 radical (unpaired) electrons. The first-order chi connectivity index (χ1) is 15.8. The first-order valence-corrected chi connectivity index (χ1v) is 11.6. The monoisotopic (exact) mass is 482 g/mol. The number of piperidine rings is 1. The lowest BCUT2D eigenvalue weighted by molar-refractivity contribution is -0.105. The van der Waals surface area contributed by atoms with Gasteiger partial charge in [0.05, 0.1) is 5.75 Å². The lowest BCUT2D eigenvalue weighted by Gasteiger charge is -2.34. The maximum Gasteiger partial charge on any atom is 0.397 e. The highest BCUT2D eigenvalue weighted by Crippen LogP contribution is 2.27. The van der Waals surface area contributed by atoms with Crippen LogP contribution in [0.4, 0.5) is 30.8 Å². The van der Waals surface area contributed by atoms with E-state index >= 15 is 0 Å². The highest BCUT2D eigenvalue weighted by atomic mass is 32.2. The minimum absolute atomic E-state index is 0.0582. The topological polar surface area (TPSA) is 105 Å². The first-order valence-electron chi connectivity index (χ1n) is 10.5. The number of benzene rings is 1. The largest absolute Gasteiger partial charge is 0.397 e. The van der Waals surface area contributed by atoms with Crippen molar-refractivity contribution in [3.8, 4) is 0 Å². The van der Waals surface area contributed by atoms with Crippen LogP contribution in [0.25, 0.3) is 0 Å². The minimum atomic E-state index is -4.12. The number of aromatic nitrogens is 3. The zero-order valence-electron chi connectivity index (χ0n) is 18.0. The van der Waals surface area contributed by atoms with Gasteiger partial charge in [0, 0.05) is 25.8 Å². The maximum absolute atomic E-state index is 12.3. The molecule has 13 heteroatoms. The highest BCUT2D eigenvalue weighted by Gasteiger charge is 2.33. The zero-order valence-corrected chi connectivity index (χ0v) is 18.8. The summed E-state index contributed by atoms with van der Waals surface area (Å²) in [6, 6.07) is 9.60. The Hall–Kier alpha value is -2.80. The highest BCUT2D eigenvalue weighted by molar-refractivity contribution is 7.99. The summed E-state index contributed by atoms with van der Waals surface area (Å²) < 4.78 is 37.0. The van der Waals surface area contributed by atoms with Crippen LogP contribution in [0.1, 0.15) is 18.7 Å². The molecule has 1 fully saturated rings. The number of nitrogens with one attached hydrogen (secondary N) is 1. The molecule has 2 aliphatic rings. The number of amidine groups is 1. The molecule has 9 nitrogen and oxygen atoms in total. The number of hydrogen-bond acceptors (Lipinski definition) is 10. The van der Waals surface area contributed by atoms with E-state index in [0.29, 0.717) is 30.6 Å².